The molecule has 1 rings (SSSR count). The summed E-state index contributed by atoms with van der Waals surface area (Å²) >= 11 is 0. The number of ether oxygens (including phenoxy) is 1. The highest BCUT2D eigenvalue weighted by Gasteiger charge is 2.32. The van der Waals surface area contributed by atoms with Gasteiger partial charge in [0.1, 0.15) is 0 Å². The van der Waals surface area contributed by atoms with Gasteiger partial charge in [0.15, 0.2) is 0 Å². The van der Waals surface area contributed by atoms with Crippen molar-refractivity contribution in [2.75, 3.05) is 20.2 Å². The normalized spacial score (nSPS) is 18.5. The van der Waals surface area contributed by atoms with E-state index in [2.05, 4.69) is 10.6 Å². The van der Waals surface area contributed by atoms with E-state index >= 15 is 0 Å². The minimum atomic E-state index is 0.0385. The molecule has 0 saturated heterocycles. The molecular formula is C15H30N2O2. The van der Waals surface area contributed by atoms with Crippen molar-refractivity contribution in [1.82, 2.24) is 10.6 Å². The van der Waals surface area contributed by atoms with Crippen LogP contribution >= 0.6 is 0 Å². The smallest absolute Gasteiger partial charge is 0.221 e. The lowest BCUT2D eigenvalue weighted by Crippen LogP contribution is -2.48. The predicted octanol–water partition coefficient (Wildman–Crippen LogP) is 2.23. The summed E-state index contributed by atoms with van der Waals surface area (Å²) in [6, 6.07) is 0. The maximum Gasteiger partial charge on any atom is 0.221 e. The van der Waals surface area contributed by atoms with Gasteiger partial charge in [-0.2, -0.15) is 0 Å². The largest absolute Gasteiger partial charge is 0.379 e. The van der Waals surface area contributed by atoms with E-state index < -0.39 is 0 Å². The Morgan fingerprint density at radius 3 is 2.53 bits per heavy atom. The minimum Gasteiger partial charge on any atom is -0.379 e. The van der Waals surface area contributed by atoms with Crippen LogP contribution in [0.3, 0.4) is 0 Å². The van der Waals surface area contributed by atoms with Crippen molar-refractivity contribution in [3.8, 4) is 0 Å². The second kappa shape index (κ2) is 8.54. The SMILES string of the molecule is CNC1(CC(=O)NCCCOC(C)C)CCCCC1. The summed E-state index contributed by atoms with van der Waals surface area (Å²) in [6.45, 7) is 5.48. The van der Waals surface area contributed by atoms with E-state index in [4.69, 9.17) is 4.74 Å². The van der Waals surface area contributed by atoms with Gasteiger partial charge in [0.05, 0.1) is 6.10 Å². The van der Waals surface area contributed by atoms with Crippen molar-refractivity contribution in [3.05, 3.63) is 0 Å². The van der Waals surface area contributed by atoms with E-state index in [9.17, 15) is 4.79 Å². The van der Waals surface area contributed by atoms with E-state index in [0.717, 1.165) is 25.9 Å². The molecule has 0 aromatic rings. The van der Waals surface area contributed by atoms with Gasteiger partial charge in [0.25, 0.3) is 0 Å². The average molecular weight is 270 g/mol. The highest BCUT2D eigenvalue weighted by atomic mass is 16.5. The van der Waals surface area contributed by atoms with Gasteiger partial charge in [-0.25, -0.2) is 0 Å². The lowest BCUT2D eigenvalue weighted by Gasteiger charge is -2.36. The molecule has 4 heteroatoms. The second-order valence-corrected chi connectivity index (χ2v) is 5.89. The molecule has 1 aliphatic rings. The molecular weight excluding hydrogens is 240 g/mol. The van der Waals surface area contributed by atoms with Crippen molar-refractivity contribution in [2.45, 2.75) is 70.4 Å². The predicted molar refractivity (Wildman–Crippen MR) is 78.2 cm³/mol. The Morgan fingerprint density at radius 2 is 1.95 bits per heavy atom. The third-order valence-electron chi connectivity index (χ3n) is 3.93. The van der Waals surface area contributed by atoms with E-state index in [0.29, 0.717) is 13.0 Å². The van der Waals surface area contributed by atoms with Crippen molar-refractivity contribution in [3.63, 3.8) is 0 Å². The van der Waals surface area contributed by atoms with E-state index in [1.54, 1.807) is 0 Å². The van der Waals surface area contributed by atoms with Crippen LogP contribution < -0.4 is 10.6 Å². The maximum absolute atomic E-state index is 12.0. The number of carbonyl (C=O) groups is 1. The summed E-state index contributed by atoms with van der Waals surface area (Å²) in [6.07, 6.45) is 7.77. The van der Waals surface area contributed by atoms with Crippen molar-refractivity contribution >= 4 is 5.91 Å². The summed E-state index contributed by atoms with van der Waals surface area (Å²) in [4.78, 5) is 12.0. The Bertz CT molecular complexity index is 261. The fourth-order valence-electron chi connectivity index (χ4n) is 2.73. The van der Waals surface area contributed by atoms with Gasteiger partial charge < -0.3 is 15.4 Å². The second-order valence-electron chi connectivity index (χ2n) is 5.89. The first-order valence-electron chi connectivity index (χ1n) is 7.65. The molecule has 112 valence electrons. The van der Waals surface area contributed by atoms with Crippen LogP contribution in [0.2, 0.25) is 0 Å². The first-order chi connectivity index (χ1) is 9.08. The van der Waals surface area contributed by atoms with Gasteiger partial charge >= 0.3 is 0 Å². The minimum absolute atomic E-state index is 0.0385. The molecule has 0 spiro atoms. The molecule has 19 heavy (non-hydrogen) atoms. The Kier molecular flexibility index (Phi) is 7.39. The van der Waals surface area contributed by atoms with Crippen LogP contribution in [0.25, 0.3) is 0 Å². The quantitative estimate of drug-likeness (QED) is 0.665. The molecule has 0 atom stereocenters. The Hall–Kier alpha value is -0.610. The van der Waals surface area contributed by atoms with Gasteiger partial charge in [-0.3, -0.25) is 4.79 Å². The fourth-order valence-corrected chi connectivity index (χ4v) is 2.73. The van der Waals surface area contributed by atoms with Crippen LogP contribution in [0, 0.1) is 0 Å². The molecule has 1 aliphatic carbocycles. The number of rotatable bonds is 8. The van der Waals surface area contributed by atoms with Gasteiger partial charge in [-0.05, 0) is 40.2 Å². The van der Waals surface area contributed by atoms with E-state index in [1.807, 2.05) is 20.9 Å². The highest BCUT2D eigenvalue weighted by molar-refractivity contribution is 5.77. The topological polar surface area (TPSA) is 50.4 Å². The molecule has 0 heterocycles. The standard InChI is InChI=1S/C15H30N2O2/c1-13(2)19-11-7-10-17-14(18)12-15(16-3)8-5-4-6-9-15/h13,16H,4-12H2,1-3H3,(H,17,18). The van der Waals surface area contributed by atoms with Crippen molar-refractivity contribution in [2.24, 2.45) is 0 Å². The molecule has 0 aromatic heterocycles. The highest BCUT2D eigenvalue weighted by Crippen LogP contribution is 2.30. The third-order valence-corrected chi connectivity index (χ3v) is 3.93. The van der Waals surface area contributed by atoms with Gasteiger partial charge in [0, 0.05) is 25.1 Å². The first kappa shape index (κ1) is 16.4. The number of nitrogens with one attached hydrogen (secondary N) is 2. The average Bonchev–Trinajstić information content (AvgIpc) is 2.39. The zero-order chi connectivity index (χ0) is 14.1. The summed E-state index contributed by atoms with van der Waals surface area (Å²) in [7, 11) is 1.98. The van der Waals surface area contributed by atoms with E-state index in [1.165, 1.54) is 19.3 Å². The molecule has 1 amide bonds. The van der Waals surface area contributed by atoms with Crippen LogP contribution in [0.4, 0.5) is 0 Å². The van der Waals surface area contributed by atoms with Gasteiger partial charge in [-0.15, -0.1) is 0 Å². The molecule has 4 nitrogen and oxygen atoms in total. The lowest BCUT2D eigenvalue weighted by molar-refractivity contribution is -0.122. The molecule has 0 bridgehead atoms. The third kappa shape index (κ3) is 6.39. The van der Waals surface area contributed by atoms with Crippen LogP contribution in [-0.4, -0.2) is 37.7 Å². The van der Waals surface area contributed by atoms with Crippen molar-refractivity contribution in [1.29, 1.82) is 0 Å². The Morgan fingerprint density at radius 1 is 1.26 bits per heavy atom. The Balaban J connectivity index is 2.18. The fraction of sp³-hybridized carbons (Fsp3) is 0.933. The molecule has 1 saturated carbocycles. The number of hydrogen-bond donors (Lipinski definition) is 2. The molecule has 0 aromatic carbocycles. The number of carbonyl (C=O) groups excluding carboxylic acids is 1. The maximum atomic E-state index is 12.0. The molecule has 0 radical (unpaired) electrons. The molecule has 0 aliphatic heterocycles. The molecule has 0 unspecified atom stereocenters. The zero-order valence-corrected chi connectivity index (χ0v) is 12.8. The van der Waals surface area contributed by atoms with Crippen LogP contribution in [-0.2, 0) is 9.53 Å². The summed E-state index contributed by atoms with van der Waals surface area (Å²) in [5.74, 6) is 0.167. The van der Waals surface area contributed by atoms with Crippen LogP contribution in [0.15, 0.2) is 0 Å². The lowest BCUT2D eigenvalue weighted by atomic mass is 9.79. The Labute approximate surface area is 117 Å². The first-order valence-corrected chi connectivity index (χ1v) is 7.65. The van der Waals surface area contributed by atoms with E-state index in [-0.39, 0.29) is 17.6 Å². The van der Waals surface area contributed by atoms with Crippen molar-refractivity contribution < 1.29 is 9.53 Å². The molecule has 2 N–H and O–H groups in total. The summed E-state index contributed by atoms with van der Waals surface area (Å²) in [5.41, 5.74) is 0.0385. The number of amides is 1. The van der Waals surface area contributed by atoms with Crippen LogP contribution in [0.5, 0.6) is 0 Å². The monoisotopic (exact) mass is 270 g/mol. The number of hydrogen-bond acceptors (Lipinski definition) is 3. The summed E-state index contributed by atoms with van der Waals surface area (Å²) in [5, 5.41) is 6.38. The zero-order valence-electron chi connectivity index (χ0n) is 12.8. The molecule has 1 fully saturated rings. The summed E-state index contributed by atoms with van der Waals surface area (Å²) < 4.78 is 5.45. The van der Waals surface area contributed by atoms with Crippen LogP contribution in [0.1, 0.15) is 58.8 Å². The van der Waals surface area contributed by atoms with Gasteiger partial charge in [0.2, 0.25) is 5.91 Å². The van der Waals surface area contributed by atoms with Gasteiger partial charge in [-0.1, -0.05) is 19.3 Å².